The summed E-state index contributed by atoms with van der Waals surface area (Å²) in [5.41, 5.74) is 2.74. The Bertz CT molecular complexity index is 873. The van der Waals surface area contributed by atoms with E-state index in [9.17, 15) is 4.39 Å². The predicted octanol–water partition coefficient (Wildman–Crippen LogP) is 4.24. The van der Waals surface area contributed by atoms with E-state index in [4.69, 9.17) is 4.52 Å². The van der Waals surface area contributed by atoms with Crippen LogP contribution >= 0.6 is 11.3 Å². The summed E-state index contributed by atoms with van der Waals surface area (Å²) < 4.78 is 19.0. The summed E-state index contributed by atoms with van der Waals surface area (Å²) >= 11 is 1.86. The average Bonchev–Trinajstić information content (AvgIpc) is 3.26. The van der Waals surface area contributed by atoms with Crippen LogP contribution in [0.2, 0.25) is 0 Å². The first-order valence-corrected chi connectivity index (χ1v) is 9.44. The van der Waals surface area contributed by atoms with Crippen LogP contribution in [0.4, 0.5) is 4.39 Å². The Morgan fingerprint density at radius 2 is 2.24 bits per heavy atom. The summed E-state index contributed by atoms with van der Waals surface area (Å²) in [6.45, 7) is 4.91. The van der Waals surface area contributed by atoms with Crippen molar-refractivity contribution in [2.45, 2.75) is 32.7 Å². The van der Waals surface area contributed by atoms with Crippen LogP contribution in [-0.2, 0) is 19.4 Å². The summed E-state index contributed by atoms with van der Waals surface area (Å²) in [5, 5.41) is 6.16. The normalized spacial score (nSPS) is 14.6. The Morgan fingerprint density at radius 1 is 1.32 bits per heavy atom. The molecule has 4 rings (SSSR count). The Kier molecular flexibility index (Phi) is 4.63. The summed E-state index contributed by atoms with van der Waals surface area (Å²) in [4.78, 5) is 8.40. The monoisotopic (exact) mass is 357 g/mol. The van der Waals surface area contributed by atoms with Crippen LogP contribution in [0.1, 0.15) is 28.3 Å². The third-order valence-electron chi connectivity index (χ3n) is 4.65. The highest BCUT2D eigenvalue weighted by atomic mass is 32.1. The van der Waals surface area contributed by atoms with Crippen LogP contribution in [0, 0.1) is 12.7 Å². The van der Waals surface area contributed by atoms with Gasteiger partial charge in [0.2, 0.25) is 11.7 Å². The third kappa shape index (κ3) is 3.65. The number of rotatable bonds is 5. The van der Waals surface area contributed by atoms with Gasteiger partial charge in [-0.3, -0.25) is 4.90 Å². The average molecular weight is 357 g/mol. The SMILES string of the molecule is Cc1ccc(-c2noc(CCCN3CCc4sccc4C3)n2)cc1F. The Balaban J connectivity index is 1.32. The molecule has 0 saturated heterocycles. The van der Waals surface area contributed by atoms with Crippen LogP contribution in [0.5, 0.6) is 0 Å². The lowest BCUT2D eigenvalue weighted by molar-refractivity contribution is 0.248. The van der Waals surface area contributed by atoms with Gasteiger partial charge in [-0.25, -0.2) is 4.39 Å². The second kappa shape index (κ2) is 7.06. The fourth-order valence-electron chi connectivity index (χ4n) is 3.16. The van der Waals surface area contributed by atoms with E-state index in [0.717, 1.165) is 38.9 Å². The lowest BCUT2D eigenvalue weighted by atomic mass is 10.1. The molecule has 0 amide bonds. The summed E-state index contributed by atoms with van der Waals surface area (Å²) in [7, 11) is 0. The Hall–Kier alpha value is -2.05. The van der Waals surface area contributed by atoms with E-state index in [1.165, 1.54) is 16.5 Å². The van der Waals surface area contributed by atoms with E-state index in [1.54, 1.807) is 13.0 Å². The summed E-state index contributed by atoms with van der Waals surface area (Å²) in [6.07, 6.45) is 2.87. The van der Waals surface area contributed by atoms with Gasteiger partial charge in [0, 0.05) is 30.0 Å². The molecule has 0 fully saturated rings. The molecule has 1 aliphatic rings. The van der Waals surface area contributed by atoms with Gasteiger partial charge in [0.25, 0.3) is 0 Å². The van der Waals surface area contributed by atoms with E-state index < -0.39 is 0 Å². The van der Waals surface area contributed by atoms with Crippen LogP contribution in [0.15, 0.2) is 34.2 Å². The number of hydrogen-bond acceptors (Lipinski definition) is 5. The maximum atomic E-state index is 13.7. The molecule has 1 aliphatic heterocycles. The zero-order valence-electron chi connectivity index (χ0n) is 14.2. The van der Waals surface area contributed by atoms with Crippen molar-refractivity contribution in [3.8, 4) is 11.4 Å². The number of nitrogens with zero attached hydrogens (tertiary/aromatic N) is 3. The van der Waals surface area contributed by atoms with Gasteiger partial charge in [-0.2, -0.15) is 4.98 Å². The van der Waals surface area contributed by atoms with E-state index in [-0.39, 0.29) is 5.82 Å². The van der Waals surface area contributed by atoms with Gasteiger partial charge >= 0.3 is 0 Å². The van der Waals surface area contributed by atoms with Gasteiger partial charge in [0.05, 0.1) is 0 Å². The molecular weight excluding hydrogens is 337 g/mol. The van der Waals surface area contributed by atoms with E-state index >= 15 is 0 Å². The van der Waals surface area contributed by atoms with E-state index in [0.29, 0.717) is 22.8 Å². The van der Waals surface area contributed by atoms with Gasteiger partial charge in [0.15, 0.2) is 0 Å². The highest BCUT2D eigenvalue weighted by molar-refractivity contribution is 7.10. The van der Waals surface area contributed by atoms with Crippen molar-refractivity contribution in [1.29, 1.82) is 0 Å². The quantitative estimate of drug-likeness (QED) is 0.685. The van der Waals surface area contributed by atoms with Crippen molar-refractivity contribution in [2.24, 2.45) is 0 Å². The van der Waals surface area contributed by atoms with Crippen molar-refractivity contribution < 1.29 is 8.91 Å². The molecule has 0 N–H and O–H groups in total. The second-order valence-corrected chi connectivity index (χ2v) is 7.48. The molecule has 0 aliphatic carbocycles. The van der Waals surface area contributed by atoms with Gasteiger partial charge < -0.3 is 4.52 Å². The summed E-state index contributed by atoms with van der Waals surface area (Å²) in [5.74, 6) is 0.820. The number of aromatic nitrogens is 2. The van der Waals surface area contributed by atoms with Crippen LogP contribution < -0.4 is 0 Å². The van der Waals surface area contributed by atoms with E-state index in [2.05, 4.69) is 26.5 Å². The van der Waals surface area contributed by atoms with Gasteiger partial charge in [-0.05, 0) is 54.9 Å². The summed E-state index contributed by atoms with van der Waals surface area (Å²) in [6, 6.07) is 7.24. The molecule has 130 valence electrons. The molecule has 2 aromatic heterocycles. The highest BCUT2D eigenvalue weighted by Gasteiger charge is 2.17. The second-order valence-electron chi connectivity index (χ2n) is 6.47. The maximum Gasteiger partial charge on any atom is 0.227 e. The third-order valence-corrected chi connectivity index (χ3v) is 5.67. The minimum atomic E-state index is -0.248. The minimum Gasteiger partial charge on any atom is -0.339 e. The largest absolute Gasteiger partial charge is 0.339 e. The fourth-order valence-corrected chi connectivity index (χ4v) is 4.05. The molecule has 0 bridgehead atoms. The fraction of sp³-hybridized carbons (Fsp3) is 0.368. The number of benzene rings is 1. The minimum absolute atomic E-state index is 0.248. The molecule has 4 nitrogen and oxygen atoms in total. The number of fused-ring (bicyclic) bond motifs is 1. The Labute approximate surface area is 150 Å². The smallest absolute Gasteiger partial charge is 0.227 e. The predicted molar refractivity (Wildman–Crippen MR) is 96.1 cm³/mol. The maximum absolute atomic E-state index is 13.7. The first-order chi connectivity index (χ1) is 12.2. The molecule has 1 aromatic carbocycles. The van der Waals surface area contributed by atoms with Crippen LogP contribution in [0.25, 0.3) is 11.4 Å². The van der Waals surface area contributed by atoms with Crippen LogP contribution in [-0.4, -0.2) is 28.1 Å². The van der Waals surface area contributed by atoms with Gasteiger partial charge in [0.1, 0.15) is 5.82 Å². The molecular formula is C19H20FN3OS. The first-order valence-electron chi connectivity index (χ1n) is 8.56. The van der Waals surface area contributed by atoms with Crippen molar-refractivity contribution >= 4 is 11.3 Å². The molecule has 3 heterocycles. The molecule has 0 spiro atoms. The first kappa shape index (κ1) is 16.4. The standard InChI is InChI=1S/C19H20FN3OS/c1-13-4-5-14(11-16(13)20)19-21-18(24-22-19)3-2-8-23-9-6-17-15(12-23)7-10-25-17/h4-5,7,10-11H,2-3,6,8-9,12H2,1H3. The van der Waals surface area contributed by atoms with Crippen molar-refractivity contribution in [1.82, 2.24) is 15.0 Å². The number of halogens is 1. The molecule has 25 heavy (non-hydrogen) atoms. The van der Waals surface area contributed by atoms with Gasteiger partial charge in [-0.1, -0.05) is 17.3 Å². The van der Waals surface area contributed by atoms with Gasteiger partial charge in [-0.15, -0.1) is 11.3 Å². The molecule has 0 unspecified atom stereocenters. The molecule has 0 radical (unpaired) electrons. The Morgan fingerprint density at radius 3 is 3.12 bits per heavy atom. The lowest BCUT2D eigenvalue weighted by Gasteiger charge is -2.26. The number of thiophene rings is 1. The molecule has 6 heteroatoms. The van der Waals surface area contributed by atoms with Crippen LogP contribution in [0.3, 0.4) is 0 Å². The zero-order chi connectivity index (χ0) is 17.2. The highest BCUT2D eigenvalue weighted by Crippen LogP contribution is 2.24. The lowest BCUT2D eigenvalue weighted by Crippen LogP contribution is -2.30. The van der Waals surface area contributed by atoms with Crippen molar-refractivity contribution in [3.05, 3.63) is 57.4 Å². The topological polar surface area (TPSA) is 42.2 Å². The number of hydrogen-bond donors (Lipinski definition) is 0. The number of aryl methyl sites for hydroxylation is 2. The van der Waals surface area contributed by atoms with E-state index in [1.807, 2.05) is 17.4 Å². The molecule has 0 saturated carbocycles. The molecule has 3 aromatic rings. The van der Waals surface area contributed by atoms with Crippen molar-refractivity contribution in [2.75, 3.05) is 13.1 Å². The van der Waals surface area contributed by atoms with Crippen molar-refractivity contribution in [3.63, 3.8) is 0 Å². The zero-order valence-corrected chi connectivity index (χ0v) is 15.0. The molecule has 0 atom stereocenters.